The standard InChI is InChI=1S/C56H38N2/c1-4-18-39(19-5-1)40-34-36-44(37-35-40)57(56-50-29-13-11-27-48(50)47-26-10-12-28-49(47)54(56)41-20-6-2-7-21-41)45-25-16-22-42(38-45)46-31-17-33-53-55(46)51-30-14-15-32-52(51)58(53)43-23-8-3-9-24-43/h1-38H. The summed E-state index contributed by atoms with van der Waals surface area (Å²) in [6.45, 7) is 0. The summed E-state index contributed by atoms with van der Waals surface area (Å²) < 4.78 is 2.39. The lowest BCUT2D eigenvalue weighted by Gasteiger charge is -2.31. The van der Waals surface area contributed by atoms with Crippen LogP contribution < -0.4 is 4.90 Å². The molecule has 0 saturated carbocycles. The van der Waals surface area contributed by atoms with E-state index in [1.54, 1.807) is 0 Å². The molecule has 1 aromatic heterocycles. The van der Waals surface area contributed by atoms with Crippen LogP contribution in [-0.4, -0.2) is 4.57 Å². The van der Waals surface area contributed by atoms with Crippen molar-refractivity contribution in [3.8, 4) is 39.1 Å². The first-order valence-corrected chi connectivity index (χ1v) is 19.9. The van der Waals surface area contributed by atoms with Gasteiger partial charge in [0.2, 0.25) is 0 Å². The van der Waals surface area contributed by atoms with E-state index < -0.39 is 0 Å². The van der Waals surface area contributed by atoms with Crippen molar-refractivity contribution >= 4 is 60.4 Å². The number of rotatable bonds is 7. The van der Waals surface area contributed by atoms with Gasteiger partial charge in [0.15, 0.2) is 0 Å². The fourth-order valence-corrected chi connectivity index (χ4v) is 9.02. The van der Waals surface area contributed by atoms with Gasteiger partial charge in [-0.15, -0.1) is 0 Å². The second-order valence-electron chi connectivity index (χ2n) is 14.9. The minimum Gasteiger partial charge on any atom is -0.309 e. The number of anilines is 3. The lowest BCUT2D eigenvalue weighted by atomic mass is 9.89. The summed E-state index contributed by atoms with van der Waals surface area (Å²) in [7, 11) is 0. The van der Waals surface area contributed by atoms with Gasteiger partial charge in [-0.1, -0.05) is 182 Å². The molecule has 0 unspecified atom stereocenters. The summed E-state index contributed by atoms with van der Waals surface area (Å²) in [4.78, 5) is 2.49. The number of nitrogens with zero attached hydrogens (tertiary/aromatic N) is 2. The molecular weight excluding hydrogens is 701 g/mol. The molecule has 10 aromatic carbocycles. The topological polar surface area (TPSA) is 8.17 Å². The Morgan fingerprint density at radius 3 is 1.55 bits per heavy atom. The summed E-state index contributed by atoms with van der Waals surface area (Å²) in [6.07, 6.45) is 0. The highest BCUT2D eigenvalue weighted by Crippen LogP contribution is 2.50. The summed E-state index contributed by atoms with van der Waals surface area (Å²) in [5, 5.41) is 7.39. The lowest BCUT2D eigenvalue weighted by Crippen LogP contribution is -2.12. The Kier molecular flexibility index (Phi) is 8.19. The largest absolute Gasteiger partial charge is 0.309 e. The van der Waals surface area contributed by atoms with Crippen LogP contribution in [0.5, 0.6) is 0 Å². The van der Waals surface area contributed by atoms with Crippen molar-refractivity contribution in [3.05, 3.63) is 231 Å². The summed E-state index contributed by atoms with van der Waals surface area (Å²) in [5.74, 6) is 0. The van der Waals surface area contributed by atoms with Gasteiger partial charge in [0.1, 0.15) is 0 Å². The first-order chi connectivity index (χ1) is 28.8. The smallest absolute Gasteiger partial charge is 0.0624 e. The van der Waals surface area contributed by atoms with Crippen LogP contribution in [0.4, 0.5) is 17.1 Å². The third-order valence-corrected chi connectivity index (χ3v) is 11.6. The zero-order chi connectivity index (χ0) is 38.4. The van der Waals surface area contributed by atoms with E-state index >= 15 is 0 Å². The van der Waals surface area contributed by atoms with Crippen LogP contribution in [-0.2, 0) is 0 Å². The molecule has 0 aliphatic carbocycles. The maximum Gasteiger partial charge on any atom is 0.0624 e. The fraction of sp³-hybridized carbons (Fsp3) is 0. The molecule has 0 radical (unpaired) electrons. The highest BCUT2D eigenvalue weighted by atomic mass is 15.1. The number of fused-ring (bicyclic) bond motifs is 6. The minimum absolute atomic E-state index is 1.09. The molecule has 11 aromatic rings. The van der Waals surface area contributed by atoms with Gasteiger partial charge in [-0.2, -0.15) is 0 Å². The van der Waals surface area contributed by atoms with Gasteiger partial charge in [-0.05, 0) is 92.5 Å². The molecule has 1 heterocycles. The Morgan fingerprint density at radius 2 is 0.828 bits per heavy atom. The van der Waals surface area contributed by atoms with Gasteiger partial charge in [0.05, 0.1) is 16.7 Å². The number of benzene rings is 10. The zero-order valence-corrected chi connectivity index (χ0v) is 31.8. The normalized spacial score (nSPS) is 11.4. The Morgan fingerprint density at radius 1 is 0.310 bits per heavy atom. The van der Waals surface area contributed by atoms with Gasteiger partial charge in [0.25, 0.3) is 0 Å². The molecule has 0 fully saturated rings. The van der Waals surface area contributed by atoms with Gasteiger partial charge < -0.3 is 9.47 Å². The van der Waals surface area contributed by atoms with Crippen molar-refractivity contribution in [2.75, 3.05) is 4.90 Å². The highest BCUT2D eigenvalue weighted by molar-refractivity contribution is 6.22. The molecular formula is C56H38N2. The molecule has 0 N–H and O–H groups in total. The highest BCUT2D eigenvalue weighted by Gasteiger charge is 2.24. The van der Waals surface area contributed by atoms with E-state index in [0.717, 1.165) is 28.3 Å². The van der Waals surface area contributed by atoms with Gasteiger partial charge >= 0.3 is 0 Å². The second kappa shape index (κ2) is 14.1. The molecule has 58 heavy (non-hydrogen) atoms. The maximum atomic E-state index is 2.49. The number of aromatic nitrogens is 1. The minimum atomic E-state index is 1.09. The van der Waals surface area contributed by atoms with Crippen LogP contribution in [0.15, 0.2) is 231 Å². The van der Waals surface area contributed by atoms with Crippen LogP contribution in [0.25, 0.3) is 82.4 Å². The molecule has 2 heteroatoms. The molecule has 2 nitrogen and oxygen atoms in total. The third-order valence-electron chi connectivity index (χ3n) is 11.6. The number of para-hydroxylation sites is 2. The van der Waals surface area contributed by atoms with Crippen molar-refractivity contribution in [1.82, 2.24) is 4.57 Å². The third kappa shape index (κ3) is 5.57. The molecule has 0 aliphatic rings. The fourth-order valence-electron chi connectivity index (χ4n) is 9.02. The summed E-state index contributed by atoms with van der Waals surface area (Å²) in [6, 6.07) is 83.7. The molecule has 272 valence electrons. The Hall–Kier alpha value is -7.68. The molecule has 0 saturated heterocycles. The number of hydrogen-bond donors (Lipinski definition) is 0. The Bertz CT molecular complexity index is 3250. The van der Waals surface area contributed by atoms with E-state index in [9.17, 15) is 0 Å². The van der Waals surface area contributed by atoms with E-state index in [-0.39, 0.29) is 0 Å². The van der Waals surface area contributed by atoms with Crippen molar-refractivity contribution in [3.63, 3.8) is 0 Å². The zero-order valence-electron chi connectivity index (χ0n) is 31.8. The van der Waals surface area contributed by atoms with E-state index in [1.165, 1.54) is 71.2 Å². The van der Waals surface area contributed by atoms with E-state index in [4.69, 9.17) is 0 Å². The lowest BCUT2D eigenvalue weighted by molar-refractivity contribution is 1.18. The van der Waals surface area contributed by atoms with Crippen LogP contribution in [0.3, 0.4) is 0 Å². The van der Waals surface area contributed by atoms with Crippen LogP contribution in [0.1, 0.15) is 0 Å². The van der Waals surface area contributed by atoms with E-state index in [2.05, 4.69) is 240 Å². The van der Waals surface area contributed by atoms with Gasteiger partial charge in [0, 0.05) is 38.8 Å². The average Bonchev–Trinajstić information content (AvgIpc) is 3.65. The maximum absolute atomic E-state index is 2.49. The van der Waals surface area contributed by atoms with Gasteiger partial charge in [-0.25, -0.2) is 0 Å². The van der Waals surface area contributed by atoms with Crippen molar-refractivity contribution in [2.45, 2.75) is 0 Å². The van der Waals surface area contributed by atoms with Crippen molar-refractivity contribution in [1.29, 1.82) is 0 Å². The molecule has 0 bridgehead atoms. The van der Waals surface area contributed by atoms with Crippen molar-refractivity contribution in [2.24, 2.45) is 0 Å². The summed E-state index contributed by atoms with van der Waals surface area (Å²) >= 11 is 0. The Balaban J connectivity index is 1.20. The quantitative estimate of drug-likeness (QED) is 0.148. The molecule has 0 aliphatic heterocycles. The first-order valence-electron chi connectivity index (χ1n) is 19.9. The number of hydrogen-bond acceptors (Lipinski definition) is 1. The molecule has 0 atom stereocenters. The summed E-state index contributed by atoms with van der Waals surface area (Å²) in [5.41, 5.74) is 14.0. The monoisotopic (exact) mass is 738 g/mol. The van der Waals surface area contributed by atoms with E-state index in [0.29, 0.717) is 0 Å². The van der Waals surface area contributed by atoms with Gasteiger partial charge in [-0.3, -0.25) is 0 Å². The predicted octanol–water partition coefficient (Wildman–Crippen LogP) is 15.6. The molecule has 0 spiro atoms. The Labute approximate surface area is 338 Å². The van der Waals surface area contributed by atoms with Crippen LogP contribution >= 0.6 is 0 Å². The van der Waals surface area contributed by atoms with Crippen molar-refractivity contribution < 1.29 is 0 Å². The van der Waals surface area contributed by atoms with Crippen LogP contribution in [0, 0.1) is 0 Å². The average molecular weight is 739 g/mol. The predicted molar refractivity (Wildman–Crippen MR) is 247 cm³/mol. The first kappa shape index (κ1) is 33.6. The van der Waals surface area contributed by atoms with Crippen LogP contribution in [0.2, 0.25) is 0 Å². The molecule has 11 rings (SSSR count). The SMILES string of the molecule is c1ccc(-c2ccc(N(c3cccc(-c4cccc5c4c4ccccc4n5-c4ccccc4)c3)c3c(-c4ccccc4)c4ccccc4c4ccccc34)cc2)cc1. The second-order valence-corrected chi connectivity index (χ2v) is 14.9. The van der Waals surface area contributed by atoms with E-state index in [1.807, 2.05) is 0 Å². The molecule has 0 amide bonds.